The van der Waals surface area contributed by atoms with Crippen LogP contribution in [-0.4, -0.2) is 8.75 Å². The molecule has 1 aromatic carbocycles. The molecule has 96 valence electrons. The average Bonchev–Trinajstić information content (AvgIpc) is 2.80. The molecule has 0 spiro atoms. The zero-order valence-corrected chi connectivity index (χ0v) is 10.2. The van der Waals surface area contributed by atoms with Crippen molar-refractivity contribution in [3.63, 3.8) is 0 Å². The van der Waals surface area contributed by atoms with Crippen molar-refractivity contribution in [3.05, 3.63) is 46.8 Å². The fourth-order valence-electron chi connectivity index (χ4n) is 1.67. The molecule has 0 bridgehead atoms. The molecule has 0 aliphatic heterocycles. The molecule has 1 unspecified atom stereocenters. The van der Waals surface area contributed by atoms with E-state index in [9.17, 15) is 13.2 Å². The van der Waals surface area contributed by atoms with Crippen molar-refractivity contribution in [3.8, 4) is 0 Å². The van der Waals surface area contributed by atoms with Crippen LogP contribution >= 0.6 is 11.7 Å². The normalized spacial score (nSPS) is 13.6. The van der Waals surface area contributed by atoms with E-state index in [2.05, 4.69) is 8.75 Å². The van der Waals surface area contributed by atoms with Crippen LogP contribution in [0.1, 0.15) is 28.4 Å². The summed E-state index contributed by atoms with van der Waals surface area (Å²) in [4.78, 5) is 0. The van der Waals surface area contributed by atoms with Gasteiger partial charge in [0.1, 0.15) is 0 Å². The molecule has 7 heteroatoms. The SMILES string of the molecule is Cc1cc(C(F)(F)F)ccc1C(N)c1cnsn1. The summed E-state index contributed by atoms with van der Waals surface area (Å²) in [5.74, 6) is 0. The summed E-state index contributed by atoms with van der Waals surface area (Å²) >= 11 is 1.02. The van der Waals surface area contributed by atoms with Crippen molar-refractivity contribution < 1.29 is 13.2 Å². The van der Waals surface area contributed by atoms with Crippen LogP contribution < -0.4 is 5.73 Å². The Balaban J connectivity index is 2.36. The van der Waals surface area contributed by atoms with Crippen LogP contribution in [0.4, 0.5) is 13.2 Å². The molecule has 1 heterocycles. The third kappa shape index (κ3) is 2.51. The second-order valence-corrected chi connectivity index (χ2v) is 4.44. The molecule has 0 amide bonds. The fourth-order valence-corrected chi connectivity index (χ4v) is 2.13. The monoisotopic (exact) mass is 273 g/mol. The van der Waals surface area contributed by atoms with Gasteiger partial charge in [0, 0.05) is 0 Å². The number of alkyl halides is 3. The van der Waals surface area contributed by atoms with Crippen molar-refractivity contribution in [1.82, 2.24) is 8.75 Å². The third-order valence-corrected chi connectivity index (χ3v) is 3.12. The zero-order chi connectivity index (χ0) is 13.3. The first-order chi connectivity index (χ1) is 8.39. The minimum absolute atomic E-state index is 0.491. The van der Waals surface area contributed by atoms with E-state index in [1.807, 2.05) is 0 Å². The van der Waals surface area contributed by atoms with E-state index < -0.39 is 17.8 Å². The number of aromatic nitrogens is 2. The number of rotatable bonds is 2. The maximum absolute atomic E-state index is 12.5. The van der Waals surface area contributed by atoms with Crippen LogP contribution in [0, 0.1) is 6.92 Å². The summed E-state index contributed by atoms with van der Waals surface area (Å²) in [7, 11) is 0. The summed E-state index contributed by atoms with van der Waals surface area (Å²) in [6.45, 7) is 1.60. The molecule has 0 aliphatic rings. The smallest absolute Gasteiger partial charge is 0.319 e. The number of hydrogen-bond donors (Lipinski definition) is 1. The van der Waals surface area contributed by atoms with E-state index in [-0.39, 0.29) is 0 Å². The largest absolute Gasteiger partial charge is 0.416 e. The Kier molecular flexibility index (Phi) is 3.36. The van der Waals surface area contributed by atoms with Gasteiger partial charge in [-0.2, -0.15) is 21.9 Å². The average molecular weight is 273 g/mol. The third-order valence-electron chi connectivity index (χ3n) is 2.63. The van der Waals surface area contributed by atoms with Crippen molar-refractivity contribution in [1.29, 1.82) is 0 Å². The van der Waals surface area contributed by atoms with Gasteiger partial charge in [-0.05, 0) is 30.2 Å². The van der Waals surface area contributed by atoms with Crippen molar-refractivity contribution in [2.45, 2.75) is 19.1 Å². The second kappa shape index (κ2) is 4.66. The lowest BCUT2D eigenvalue weighted by atomic mass is 9.97. The Morgan fingerprint density at radius 2 is 2.06 bits per heavy atom. The highest BCUT2D eigenvalue weighted by Crippen LogP contribution is 2.32. The van der Waals surface area contributed by atoms with Gasteiger partial charge in [0.25, 0.3) is 0 Å². The lowest BCUT2D eigenvalue weighted by Crippen LogP contribution is -2.14. The molecule has 18 heavy (non-hydrogen) atoms. The van der Waals surface area contributed by atoms with Crippen molar-refractivity contribution in [2.24, 2.45) is 5.73 Å². The van der Waals surface area contributed by atoms with E-state index in [1.165, 1.54) is 12.3 Å². The molecule has 0 aliphatic carbocycles. The van der Waals surface area contributed by atoms with E-state index in [0.717, 1.165) is 23.9 Å². The van der Waals surface area contributed by atoms with Gasteiger partial charge in [-0.25, -0.2) is 0 Å². The molecule has 0 saturated heterocycles. The lowest BCUT2D eigenvalue weighted by Gasteiger charge is -2.14. The van der Waals surface area contributed by atoms with Gasteiger partial charge in [-0.15, -0.1) is 0 Å². The van der Waals surface area contributed by atoms with Crippen LogP contribution in [0.15, 0.2) is 24.4 Å². The highest BCUT2D eigenvalue weighted by atomic mass is 32.1. The maximum atomic E-state index is 12.5. The Morgan fingerprint density at radius 3 is 2.56 bits per heavy atom. The Labute approximate surface area is 106 Å². The fraction of sp³-hybridized carbons (Fsp3) is 0.273. The van der Waals surface area contributed by atoms with Crippen molar-refractivity contribution in [2.75, 3.05) is 0 Å². The van der Waals surface area contributed by atoms with E-state index in [4.69, 9.17) is 5.73 Å². The van der Waals surface area contributed by atoms with Gasteiger partial charge in [0.15, 0.2) is 0 Å². The molecule has 2 rings (SSSR count). The minimum atomic E-state index is -4.34. The standard InChI is InChI=1S/C11H10F3N3S/c1-6-4-7(11(12,13)14)2-3-8(6)10(15)9-5-16-18-17-9/h2-5,10H,15H2,1H3. The zero-order valence-electron chi connectivity index (χ0n) is 9.40. The first-order valence-corrected chi connectivity index (χ1v) is 5.83. The van der Waals surface area contributed by atoms with E-state index >= 15 is 0 Å². The lowest BCUT2D eigenvalue weighted by molar-refractivity contribution is -0.137. The summed E-state index contributed by atoms with van der Waals surface area (Å²) in [6, 6.07) is 2.96. The van der Waals surface area contributed by atoms with Crippen LogP contribution in [0.25, 0.3) is 0 Å². The topological polar surface area (TPSA) is 51.8 Å². The second-order valence-electron chi connectivity index (χ2n) is 3.88. The van der Waals surface area contributed by atoms with Gasteiger partial charge in [0.2, 0.25) is 0 Å². The predicted molar refractivity (Wildman–Crippen MR) is 62.1 cm³/mol. The van der Waals surface area contributed by atoms with Gasteiger partial charge >= 0.3 is 6.18 Å². The molecule has 3 nitrogen and oxygen atoms in total. The van der Waals surface area contributed by atoms with E-state index in [1.54, 1.807) is 6.92 Å². The quantitative estimate of drug-likeness (QED) is 0.915. The summed E-state index contributed by atoms with van der Waals surface area (Å²) < 4.78 is 45.4. The summed E-state index contributed by atoms with van der Waals surface area (Å²) in [6.07, 6.45) is -2.82. The number of halogens is 3. The first-order valence-electron chi connectivity index (χ1n) is 5.10. The molecule has 1 aromatic heterocycles. The molecule has 0 saturated carbocycles. The number of hydrogen-bond acceptors (Lipinski definition) is 4. The first kappa shape index (κ1) is 13.0. The predicted octanol–water partition coefficient (Wildman–Crippen LogP) is 2.91. The summed E-state index contributed by atoms with van der Waals surface area (Å²) in [5.41, 5.74) is 6.94. The van der Waals surface area contributed by atoms with Gasteiger partial charge in [-0.1, -0.05) is 6.07 Å². The molecule has 0 radical (unpaired) electrons. The van der Waals surface area contributed by atoms with Crippen LogP contribution in [0.2, 0.25) is 0 Å². The van der Waals surface area contributed by atoms with Crippen LogP contribution in [-0.2, 0) is 6.18 Å². The number of aryl methyl sites for hydroxylation is 1. The number of benzene rings is 1. The molecular weight excluding hydrogens is 263 g/mol. The molecule has 2 N–H and O–H groups in total. The molecule has 1 atom stereocenters. The minimum Gasteiger partial charge on any atom is -0.319 e. The Bertz CT molecular complexity index is 537. The molecular formula is C11H10F3N3S. The summed E-state index contributed by atoms with van der Waals surface area (Å²) in [5, 5.41) is 0. The van der Waals surface area contributed by atoms with Gasteiger partial charge in [-0.3, -0.25) is 0 Å². The molecule has 2 aromatic rings. The van der Waals surface area contributed by atoms with Crippen LogP contribution in [0.3, 0.4) is 0 Å². The highest BCUT2D eigenvalue weighted by molar-refractivity contribution is 6.99. The maximum Gasteiger partial charge on any atom is 0.416 e. The highest BCUT2D eigenvalue weighted by Gasteiger charge is 2.31. The van der Waals surface area contributed by atoms with E-state index in [0.29, 0.717) is 16.8 Å². The van der Waals surface area contributed by atoms with Crippen molar-refractivity contribution >= 4 is 11.7 Å². The Morgan fingerprint density at radius 1 is 1.33 bits per heavy atom. The van der Waals surface area contributed by atoms with Gasteiger partial charge < -0.3 is 5.73 Å². The number of nitrogens with two attached hydrogens (primary N) is 1. The van der Waals surface area contributed by atoms with Crippen LogP contribution in [0.5, 0.6) is 0 Å². The molecule has 0 fully saturated rings. The number of nitrogens with zero attached hydrogens (tertiary/aromatic N) is 2. The van der Waals surface area contributed by atoms with Gasteiger partial charge in [0.05, 0.1) is 35.2 Å². The Hall–Kier alpha value is -1.47.